The highest BCUT2D eigenvalue weighted by Gasteiger charge is 2.17. The zero-order chi connectivity index (χ0) is 11.7. The second-order valence-corrected chi connectivity index (χ2v) is 4.58. The molecule has 2 heteroatoms. The molecule has 0 heterocycles. The van der Waals surface area contributed by atoms with Gasteiger partial charge < -0.3 is 9.80 Å². The lowest BCUT2D eigenvalue weighted by Crippen LogP contribution is -2.37. The summed E-state index contributed by atoms with van der Waals surface area (Å²) >= 11 is 0. The summed E-state index contributed by atoms with van der Waals surface area (Å²) in [5.41, 5.74) is 0. The average molecular weight is 214 g/mol. The molecule has 0 unspecified atom stereocenters. The summed E-state index contributed by atoms with van der Waals surface area (Å²) in [6, 6.07) is 0.869. The number of nitrogens with zero attached hydrogens (tertiary/aromatic N) is 2. The zero-order valence-corrected chi connectivity index (χ0v) is 11.4. The van der Waals surface area contributed by atoms with Gasteiger partial charge in [0.2, 0.25) is 0 Å². The summed E-state index contributed by atoms with van der Waals surface area (Å²) in [6.45, 7) is 6.41. The van der Waals surface area contributed by atoms with Gasteiger partial charge in [-0.1, -0.05) is 33.1 Å². The van der Waals surface area contributed by atoms with Gasteiger partial charge in [-0.25, -0.2) is 0 Å². The summed E-state index contributed by atoms with van der Waals surface area (Å²) in [4.78, 5) is 4.80. The third-order valence-corrected chi connectivity index (χ3v) is 3.10. The van der Waals surface area contributed by atoms with E-state index in [4.69, 9.17) is 0 Å². The molecule has 0 aromatic heterocycles. The average Bonchev–Trinajstić information content (AvgIpc) is 2.30. The van der Waals surface area contributed by atoms with Crippen molar-refractivity contribution in [2.24, 2.45) is 0 Å². The topological polar surface area (TPSA) is 6.48 Å². The van der Waals surface area contributed by atoms with Gasteiger partial charge in [-0.05, 0) is 34.0 Å². The van der Waals surface area contributed by atoms with Crippen LogP contribution in [0.25, 0.3) is 0 Å². The van der Waals surface area contributed by atoms with Crippen molar-refractivity contribution in [2.45, 2.75) is 52.0 Å². The number of hydrogen-bond acceptors (Lipinski definition) is 2. The maximum atomic E-state index is 2.54. The van der Waals surface area contributed by atoms with Crippen molar-refractivity contribution < 1.29 is 0 Å². The minimum Gasteiger partial charge on any atom is -0.308 e. The zero-order valence-electron chi connectivity index (χ0n) is 11.4. The molecule has 0 radical (unpaired) electrons. The molecule has 0 aromatic carbocycles. The predicted molar refractivity (Wildman–Crippen MR) is 69.4 cm³/mol. The van der Waals surface area contributed by atoms with Crippen molar-refractivity contribution in [3.05, 3.63) is 0 Å². The Labute approximate surface area is 96.6 Å². The van der Waals surface area contributed by atoms with Crippen LogP contribution in [-0.2, 0) is 0 Å². The molecule has 0 N–H and O–H groups in total. The predicted octanol–water partition coefficient (Wildman–Crippen LogP) is 2.84. The molecule has 1 fully saturated rings. The van der Waals surface area contributed by atoms with E-state index < -0.39 is 0 Å². The molecule has 0 aliphatic heterocycles. The molecule has 0 bridgehead atoms. The molecular weight excluding hydrogens is 184 g/mol. The second kappa shape index (κ2) is 9.17. The third kappa shape index (κ3) is 6.91. The third-order valence-electron chi connectivity index (χ3n) is 3.10. The Morgan fingerprint density at radius 1 is 0.867 bits per heavy atom. The van der Waals surface area contributed by atoms with Gasteiger partial charge in [-0.15, -0.1) is 0 Å². The summed E-state index contributed by atoms with van der Waals surface area (Å²) in [7, 11) is 6.57. The molecule has 1 rings (SSSR count). The van der Waals surface area contributed by atoms with E-state index in [1.165, 1.54) is 45.2 Å². The quantitative estimate of drug-likeness (QED) is 0.710. The van der Waals surface area contributed by atoms with E-state index in [2.05, 4.69) is 30.9 Å². The van der Waals surface area contributed by atoms with Crippen molar-refractivity contribution in [3.63, 3.8) is 0 Å². The van der Waals surface area contributed by atoms with Gasteiger partial charge in [0, 0.05) is 19.1 Å². The normalized spacial score (nSPS) is 17.8. The van der Waals surface area contributed by atoms with Crippen LogP contribution >= 0.6 is 0 Å². The molecule has 0 atom stereocenters. The summed E-state index contributed by atoms with van der Waals surface area (Å²) in [6.07, 6.45) is 7.18. The van der Waals surface area contributed by atoms with Gasteiger partial charge in [-0.2, -0.15) is 0 Å². The van der Waals surface area contributed by atoms with Gasteiger partial charge in [0.05, 0.1) is 0 Å². The molecule has 0 aromatic rings. The Morgan fingerprint density at radius 2 is 1.40 bits per heavy atom. The monoisotopic (exact) mass is 214 g/mol. The second-order valence-electron chi connectivity index (χ2n) is 4.58. The van der Waals surface area contributed by atoms with Gasteiger partial charge in [0.25, 0.3) is 0 Å². The summed E-state index contributed by atoms with van der Waals surface area (Å²) in [5.74, 6) is 0. The van der Waals surface area contributed by atoms with Crippen LogP contribution in [0, 0.1) is 0 Å². The Hall–Kier alpha value is -0.0800. The summed E-state index contributed by atoms with van der Waals surface area (Å²) in [5, 5.41) is 0. The Bertz CT molecular complexity index is 128. The van der Waals surface area contributed by atoms with Crippen LogP contribution in [0.2, 0.25) is 0 Å². The van der Waals surface area contributed by atoms with Crippen molar-refractivity contribution in [2.75, 3.05) is 34.2 Å². The maximum Gasteiger partial charge on any atom is 0.0109 e. The molecule has 15 heavy (non-hydrogen) atoms. The van der Waals surface area contributed by atoms with Crippen LogP contribution in [0.4, 0.5) is 0 Å². The Morgan fingerprint density at radius 3 is 1.87 bits per heavy atom. The maximum absolute atomic E-state index is 2.54. The van der Waals surface area contributed by atoms with Crippen molar-refractivity contribution in [1.29, 1.82) is 0 Å². The standard InChI is InChI=1S/C11H24N2.C2H6/c1-12(2)9-10-13(3)11-7-5-4-6-8-11;1-2/h11H,4-10H2,1-3H3;1-2H3. The summed E-state index contributed by atoms with van der Waals surface area (Å²) < 4.78 is 0. The van der Waals surface area contributed by atoms with E-state index in [1.54, 1.807) is 0 Å². The lowest BCUT2D eigenvalue weighted by molar-refractivity contribution is 0.177. The highest BCUT2D eigenvalue weighted by atomic mass is 15.2. The first-order chi connectivity index (χ1) is 7.20. The van der Waals surface area contributed by atoms with Gasteiger partial charge in [0.15, 0.2) is 0 Å². The number of likely N-dealkylation sites (N-methyl/N-ethyl adjacent to an activating group) is 2. The van der Waals surface area contributed by atoms with Gasteiger partial charge in [-0.3, -0.25) is 0 Å². The number of hydrogen-bond donors (Lipinski definition) is 0. The molecule has 1 aliphatic rings. The van der Waals surface area contributed by atoms with Crippen molar-refractivity contribution in [3.8, 4) is 0 Å². The highest BCUT2D eigenvalue weighted by Crippen LogP contribution is 2.21. The van der Waals surface area contributed by atoms with E-state index in [0.717, 1.165) is 6.04 Å². The number of rotatable bonds is 4. The van der Waals surface area contributed by atoms with E-state index in [0.29, 0.717) is 0 Å². The van der Waals surface area contributed by atoms with Crippen LogP contribution in [0.5, 0.6) is 0 Å². The molecule has 1 saturated carbocycles. The van der Waals surface area contributed by atoms with Gasteiger partial charge >= 0.3 is 0 Å². The van der Waals surface area contributed by atoms with E-state index in [-0.39, 0.29) is 0 Å². The molecule has 0 spiro atoms. The van der Waals surface area contributed by atoms with Crippen molar-refractivity contribution >= 4 is 0 Å². The van der Waals surface area contributed by atoms with Crippen LogP contribution in [0.15, 0.2) is 0 Å². The van der Waals surface area contributed by atoms with E-state index in [1.807, 2.05) is 13.8 Å². The van der Waals surface area contributed by atoms with Crippen LogP contribution in [0.1, 0.15) is 46.0 Å². The first kappa shape index (κ1) is 14.9. The fourth-order valence-corrected chi connectivity index (χ4v) is 2.06. The highest BCUT2D eigenvalue weighted by molar-refractivity contribution is 4.73. The Kier molecular flexibility index (Phi) is 9.12. The lowest BCUT2D eigenvalue weighted by Gasteiger charge is -2.31. The Balaban J connectivity index is 0.000000921. The largest absolute Gasteiger partial charge is 0.308 e. The van der Waals surface area contributed by atoms with E-state index in [9.17, 15) is 0 Å². The molecule has 1 aliphatic carbocycles. The minimum atomic E-state index is 0.869. The van der Waals surface area contributed by atoms with E-state index >= 15 is 0 Å². The molecular formula is C13H30N2. The molecule has 92 valence electrons. The smallest absolute Gasteiger partial charge is 0.0109 e. The SMILES string of the molecule is CC.CN(C)CCN(C)C1CCCCC1. The first-order valence-corrected chi connectivity index (χ1v) is 6.55. The van der Waals surface area contributed by atoms with Crippen LogP contribution in [-0.4, -0.2) is 50.1 Å². The minimum absolute atomic E-state index is 0.869. The van der Waals surface area contributed by atoms with Crippen molar-refractivity contribution in [1.82, 2.24) is 9.80 Å². The molecule has 2 nitrogen and oxygen atoms in total. The fourth-order valence-electron chi connectivity index (χ4n) is 2.06. The van der Waals surface area contributed by atoms with Crippen LogP contribution < -0.4 is 0 Å². The molecule has 0 saturated heterocycles. The van der Waals surface area contributed by atoms with Crippen LogP contribution in [0.3, 0.4) is 0 Å². The molecule has 0 amide bonds. The fraction of sp³-hybridized carbons (Fsp3) is 1.00. The van der Waals surface area contributed by atoms with Gasteiger partial charge in [0.1, 0.15) is 0 Å². The lowest BCUT2D eigenvalue weighted by atomic mass is 9.94. The first-order valence-electron chi connectivity index (χ1n) is 6.55.